The number of nitro benzene ring substituents is 1. The number of nitrogens with zero attached hydrogens (tertiary/aromatic N) is 2. The molecular weight excluding hydrogens is 577 g/mol. The molecule has 3 aromatic rings. The quantitative estimate of drug-likeness (QED) is 0.131. The van der Waals surface area contributed by atoms with Gasteiger partial charge in [-0.2, -0.15) is 0 Å². The van der Waals surface area contributed by atoms with Crippen molar-refractivity contribution >= 4 is 58.5 Å². The van der Waals surface area contributed by atoms with Gasteiger partial charge in [-0.3, -0.25) is 25.0 Å². The van der Waals surface area contributed by atoms with Gasteiger partial charge >= 0.3 is 6.03 Å². The Balaban J connectivity index is 1.63. The summed E-state index contributed by atoms with van der Waals surface area (Å²) in [4.78, 5) is 50.3. The van der Waals surface area contributed by atoms with Crippen LogP contribution in [0.25, 0.3) is 6.08 Å². The molecule has 0 spiro atoms. The highest BCUT2D eigenvalue weighted by Gasteiger charge is 2.38. The van der Waals surface area contributed by atoms with Gasteiger partial charge in [-0.25, -0.2) is 9.69 Å². The molecule has 0 aromatic heterocycles. The van der Waals surface area contributed by atoms with E-state index in [1.807, 2.05) is 0 Å². The van der Waals surface area contributed by atoms with E-state index in [0.29, 0.717) is 17.9 Å². The third kappa shape index (κ3) is 6.59. The number of ether oxygens (including phenoxy) is 3. The maximum absolute atomic E-state index is 13.5. The Kier molecular flexibility index (Phi) is 9.10. The Morgan fingerprint density at radius 1 is 0.951 bits per heavy atom. The number of hydrogen-bond donors (Lipinski definition) is 1. The minimum absolute atomic E-state index is 0.0531. The lowest BCUT2D eigenvalue weighted by Crippen LogP contribution is -2.54. The van der Waals surface area contributed by atoms with Crippen LogP contribution in [0, 0.1) is 10.1 Å². The number of anilines is 1. The molecular formula is C28H23Cl2N3O8. The van der Waals surface area contributed by atoms with Gasteiger partial charge in [0, 0.05) is 18.2 Å². The molecule has 0 unspecified atom stereocenters. The largest absolute Gasteiger partial charge is 0.494 e. The summed E-state index contributed by atoms with van der Waals surface area (Å²) in [6.07, 6.45) is 1.24. The molecule has 1 heterocycles. The molecule has 0 atom stereocenters. The number of barbiturate groups is 1. The first-order valence-electron chi connectivity index (χ1n) is 12.3. The van der Waals surface area contributed by atoms with Crippen molar-refractivity contribution in [3.63, 3.8) is 0 Å². The molecule has 3 aromatic carbocycles. The van der Waals surface area contributed by atoms with Crippen molar-refractivity contribution in [3.8, 4) is 17.2 Å². The van der Waals surface area contributed by atoms with E-state index < -0.39 is 22.8 Å². The number of nitrogens with one attached hydrogen (secondary N) is 1. The van der Waals surface area contributed by atoms with Gasteiger partial charge in [0.05, 0.1) is 33.9 Å². The van der Waals surface area contributed by atoms with Gasteiger partial charge in [-0.05, 0) is 55.3 Å². The van der Waals surface area contributed by atoms with E-state index in [1.165, 1.54) is 42.5 Å². The minimum atomic E-state index is -0.951. The van der Waals surface area contributed by atoms with Crippen molar-refractivity contribution in [1.29, 1.82) is 0 Å². The van der Waals surface area contributed by atoms with E-state index in [2.05, 4.69) is 5.32 Å². The summed E-state index contributed by atoms with van der Waals surface area (Å²) in [5.41, 5.74) is 0.451. The molecule has 11 nitrogen and oxygen atoms in total. The number of non-ortho nitro benzene ring substituents is 1. The first kappa shape index (κ1) is 29.4. The average molecular weight is 600 g/mol. The molecule has 1 N–H and O–H groups in total. The fourth-order valence-electron chi connectivity index (χ4n) is 3.96. The van der Waals surface area contributed by atoms with E-state index in [-0.39, 0.29) is 57.3 Å². The Hall–Kier alpha value is -4.61. The Morgan fingerprint density at radius 2 is 1.66 bits per heavy atom. The number of nitro groups is 1. The molecule has 41 heavy (non-hydrogen) atoms. The standard InChI is InChI=1S/C28H23Cl2N3O8/c1-3-39-19-8-9-24(40-4-2)23(14-19)32-27(35)20(26(34)31-28(32)36)11-17-12-21(29)25(22(30)13-17)41-15-16-6-5-7-18(10-16)33(37)38/h5-14H,3-4,15H2,1-2H3,(H,31,34,36)/b20-11+. The van der Waals surface area contributed by atoms with Crippen LogP contribution in [0.1, 0.15) is 25.0 Å². The molecule has 0 aliphatic carbocycles. The normalized spacial score (nSPS) is 14.2. The summed E-state index contributed by atoms with van der Waals surface area (Å²) in [6, 6.07) is 12.5. The van der Waals surface area contributed by atoms with Crippen LogP contribution in [0.4, 0.5) is 16.2 Å². The SMILES string of the molecule is CCOc1ccc(OCC)c(N2C(=O)NC(=O)/C(=C\c3cc(Cl)c(OCc4cccc([N+](=O)[O-])c4)c(Cl)c3)C2=O)c1. The Labute approximate surface area is 244 Å². The predicted molar refractivity (Wildman–Crippen MR) is 152 cm³/mol. The second-order valence-electron chi connectivity index (χ2n) is 8.48. The van der Waals surface area contributed by atoms with Crippen molar-refractivity contribution in [1.82, 2.24) is 5.32 Å². The number of carbonyl (C=O) groups is 3. The maximum atomic E-state index is 13.5. The van der Waals surface area contributed by atoms with Gasteiger partial charge in [-0.15, -0.1) is 0 Å². The topological polar surface area (TPSA) is 137 Å². The van der Waals surface area contributed by atoms with Crippen molar-refractivity contribution in [2.24, 2.45) is 0 Å². The van der Waals surface area contributed by atoms with Crippen molar-refractivity contribution in [2.45, 2.75) is 20.5 Å². The molecule has 4 rings (SSSR count). The first-order valence-corrected chi connectivity index (χ1v) is 13.0. The summed E-state index contributed by atoms with van der Waals surface area (Å²) < 4.78 is 16.8. The highest BCUT2D eigenvalue weighted by atomic mass is 35.5. The van der Waals surface area contributed by atoms with E-state index in [0.717, 1.165) is 4.90 Å². The maximum Gasteiger partial charge on any atom is 0.336 e. The fraction of sp³-hybridized carbons (Fsp3) is 0.179. The van der Waals surface area contributed by atoms with E-state index in [1.54, 1.807) is 32.0 Å². The number of hydrogen-bond acceptors (Lipinski definition) is 8. The van der Waals surface area contributed by atoms with Crippen LogP contribution in [-0.4, -0.2) is 36.0 Å². The number of imide groups is 2. The summed E-state index contributed by atoms with van der Waals surface area (Å²) in [7, 11) is 0. The predicted octanol–water partition coefficient (Wildman–Crippen LogP) is 5.94. The highest BCUT2D eigenvalue weighted by molar-refractivity contribution is 6.40. The molecule has 4 amide bonds. The third-order valence-electron chi connectivity index (χ3n) is 5.72. The van der Waals surface area contributed by atoms with Crippen LogP contribution in [0.2, 0.25) is 10.0 Å². The van der Waals surface area contributed by atoms with E-state index >= 15 is 0 Å². The van der Waals surface area contributed by atoms with Crippen LogP contribution in [0.5, 0.6) is 17.2 Å². The Bertz CT molecular complexity index is 1550. The monoisotopic (exact) mass is 599 g/mol. The smallest absolute Gasteiger partial charge is 0.336 e. The lowest BCUT2D eigenvalue weighted by atomic mass is 10.1. The molecule has 1 saturated heterocycles. The zero-order valence-electron chi connectivity index (χ0n) is 21.8. The number of rotatable bonds is 10. The molecule has 212 valence electrons. The van der Waals surface area contributed by atoms with Crippen molar-refractivity contribution in [3.05, 3.63) is 91.5 Å². The highest BCUT2D eigenvalue weighted by Crippen LogP contribution is 2.37. The van der Waals surface area contributed by atoms with Gasteiger partial charge in [-0.1, -0.05) is 35.3 Å². The average Bonchev–Trinajstić information content (AvgIpc) is 2.92. The van der Waals surface area contributed by atoms with Gasteiger partial charge in [0.1, 0.15) is 23.7 Å². The summed E-state index contributed by atoms with van der Waals surface area (Å²) in [5, 5.41) is 13.3. The van der Waals surface area contributed by atoms with Gasteiger partial charge in [0.25, 0.3) is 17.5 Å². The molecule has 1 fully saturated rings. The van der Waals surface area contributed by atoms with Crippen LogP contribution in [0.15, 0.2) is 60.2 Å². The lowest BCUT2D eigenvalue weighted by molar-refractivity contribution is -0.384. The van der Waals surface area contributed by atoms with E-state index in [9.17, 15) is 24.5 Å². The van der Waals surface area contributed by atoms with Crippen LogP contribution >= 0.6 is 23.2 Å². The lowest BCUT2D eigenvalue weighted by Gasteiger charge is -2.28. The first-order chi connectivity index (χ1) is 19.6. The number of benzene rings is 3. The number of carbonyl (C=O) groups excluding carboxylic acids is 3. The Morgan fingerprint density at radius 3 is 2.32 bits per heavy atom. The molecule has 0 saturated carbocycles. The number of halogens is 2. The van der Waals surface area contributed by atoms with Crippen LogP contribution in [-0.2, 0) is 16.2 Å². The van der Waals surface area contributed by atoms with Gasteiger partial charge in [0.15, 0.2) is 5.75 Å². The second-order valence-corrected chi connectivity index (χ2v) is 9.30. The molecule has 0 radical (unpaired) electrons. The minimum Gasteiger partial charge on any atom is -0.494 e. The van der Waals surface area contributed by atoms with Crippen LogP contribution in [0.3, 0.4) is 0 Å². The van der Waals surface area contributed by atoms with Crippen LogP contribution < -0.4 is 24.4 Å². The zero-order chi connectivity index (χ0) is 29.7. The zero-order valence-corrected chi connectivity index (χ0v) is 23.3. The fourth-order valence-corrected chi connectivity index (χ4v) is 4.58. The molecule has 1 aliphatic rings. The van der Waals surface area contributed by atoms with E-state index in [4.69, 9.17) is 37.4 Å². The number of urea groups is 1. The van der Waals surface area contributed by atoms with Crippen molar-refractivity contribution in [2.75, 3.05) is 18.1 Å². The number of amides is 4. The summed E-state index contributed by atoms with van der Waals surface area (Å²) >= 11 is 12.8. The molecule has 13 heteroatoms. The molecule has 0 bridgehead atoms. The summed E-state index contributed by atoms with van der Waals surface area (Å²) in [5.74, 6) is -1.06. The third-order valence-corrected chi connectivity index (χ3v) is 6.28. The summed E-state index contributed by atoms with van der Waals surface area (Å²) in [6.45, 7) is 4.09. The van der Waals surface area contributed by atoms with Crippen molar-refractivity contribution < 1.29 is 33.5 Å². The second kappa shape index (κ2) is 12.7. The van der Waals surface area contributed by atoms with Gasteiger partial charge < -0.3 is 14.2 Å². The van der Waals surface area contributed by atoms with Gasteiger partial charge in [0.2, 0.25) is 0 Å². The molecule has 1 aliphatic heterocycles.